The van der Waals surface area contributed by atoms with E-state index in [1.807, 2.05) is 20.8 Å². The third-order valence-electron chi connectivity index (χ3n) is 5.22. The Balaban J connectivity index is 2.10. The molecule has 7 heteroatoms. The second-order valence-electron chi connectivity index (χ2n) is 8.89. The van der Waals surface area contributed by atoms with Gasteiger partial charge in [0.15, 0.2) is 20.5 Å². The van der Waals surface area contributed by atoms with E-state index in [4.69, 9.17) is 18.3 Å². The molecule has 6 nitrogen and oxygen atoms in total. The summed E-state index contributed by atoms with van der Waals surface area (Å²) in [5.74, 6) is -0.704. The first kappa shape index (κ1) is 20.6. The normalized spacial score (nSPS) is 26.6. The molecular weight excluding hydrogens is 338 g/mol. The van der Waals surface area contributed by atoms with E-state index in [-0.39, 0.29) is 23.4 Å². The number of rotatable bonds is 6. The maximum absolute atomic E-state index is 10.4. The summed E-state index contributed by atoms with van der Waals surface area (Å²) in [7, 11) is -1.93. The van der Waals surface area contributed by atoms with Crippen molar-refractivity contribution in [2.24, 2.45) is 0 Å². The number of hydrogen-bond donors (Lipinski definition) is 1. The predicted octanol–water partition coefficient (Wildman–Crippen LogP) is 4.03. The maximum Gasteiger partial charge on any atom is 0.192 e. The number of aliphatic hydroxyl groups is 1. The molecular formula is C18H33NO5Si. The fourth-order valence-electron chi connectivity index (χ4n) is 2.88. The molecule has 4 atom stereocenters. The van der Waals surface area contributed by atoms with Crippen molar-refractivity contribution >= 4 is 8.32 Å². The van der Waals surface area contributed by atoms with Gasteiger partial charge in [-0.25, -0.2) is 4.98 Å². The van der Waals surface area contributed by atoms with Gasteiger partial charge in [0.1, 0.15) is 24.2 Å². The Morgan fingerprint density at radius 2 is 1.96 bits per heavy atom. The van der Waals surface area contributed by atoms with Gasteiger partial charge in [-0.3, -0.25) is 0 Å². The molecule has 2 heterocycles. The van der Waals surface area contributed by atoms with Crippen LogP contribution in [0.15, 0.2) is 17.1 Å². The minimum absolute atomic E-state index is 0.117. The zero-order chi connectivity index (χ0) is 19.0. The molecule has 1 aliphatic rings. The second-order valence-corrected chi connectivity index (χ2v) is 13.6. The van der Waals surface area contributed by atoms with Gasteiger partial charge in [-0.15, -0.1) is 0 Å². The molecule has 0 unspecified atom stereocenters. The average Bonchev–Trinajstić information content (AvgIpc) is 3.04. The molecule has 1 aromatic heterocycles. The molecule has 2 rings (SSSR count). The van der Waals surface area contributed by atoms with Crippen molar-refractivity contribution in [3.05, 3.63) is 18.4 Å². The monoisotopic (exact) mass is 371 g/mol. The molecule has 1 N–H and O–H groups in total. The first-order chi connectivity index (χ1) is 11.3. The summed E-state index contributed by atoms with van der Waals surface area (Å²) in [5, 5.41) is 10.5. The zero-order valence-electron chi connectivity index (χ0n) is 16.7. The highest BCUT2D eigenvalue weighted by molar-refractivity contribution is 6.74. The van der Waals surface area contributed by atoms with Crippen LogP contribution >= 0.6 is 0 Å². The lowest BCUT2D eigenvalue weighted by atomic mass is 10.0. The summed E-state index contributed by atoms with van der Waals surface area (Å²) in [6.07, 6.45) is 1.74. The SMILES string of the molecule is C[C@@H](O[Si](C)(C)C(C)(C)C)[C@@H]1OC(C)(C)O[C@@H]1C[C@H](O)c1cocn1. The minimum Gasteiger partial charge on any atom is -0.451 e. The van der Waals surface area contributed by atoms with Crippen LogP contribution in [0.1, 0.15) is 59.8 Å². The topological polar surface area (TPSA) is 74.0 Å². The first-order valence-corrected chi connectivity index (χ1v) is 11.8. The van der Waals surface area contributed by atoms with E-state index in [2.05, 4.69) is 38.8 Å². The van der Waals surface area contributed by atoms with Crippen LogP contribution in [0.3, 0.4) is 0 Å². The Morgan fingerprint density at radius 1 is 1.32 bits per heavy atom. The molecule has 1 saturated heterocycles. The van der Waals surface area contributed by atoms with E-state index >= 15 is 0 Å². The molecule has 0 saturated carbocycles. The van der Waals surface area contributed by atoms with Crippen LogP contribution in [0, 0.1) is 0 Å². The van der Waals surface area contributed by atoms with E-state index in [0.29, 0.717) is 12.1 Å². The Bertz CT molecular complexity index is 552. The zero-order valence-corrected chi connectivity index (χ0v) is 17.7. The third-order valence-corrected chi connectivity index (χ3v) is 9.79. The molecule has 1 aliphatic heterocycles. The van der Waals surface area contributed by atoms with E-state index in [9.17, 15) is 5.11 Å². The van der Waals surface area contributed by atoms with Crippen LogP contribution in [0.5, 0.6) is 0 Å². The van der Waals surface area contributed by atoms with E-state index in [1.54, 1.807) is 0 Å². The number of aromatic nitrogens is 1. The number of oxazole rings is 1. The number of ether oxygens (including phenoxy) is 2. The van der Waals surface area contributed by atoms with Crippen molar-refractivity contribution in [2.45, 2.75) is 96.3 Å². The molecule has 0 bridgehead atoms. The van der Waals surface area contributed by atoms with Crippen LogP contribution in [0.2, 0.25) is 18.1 Å². The summed E-state index contributed by atoms with van der Waals surface area (Å²) < 4.78 is 23.6. The van der Waals surface area contributed by atoms with Gasteiger partial charge < -0.3 is 23.4 Å². The lowest BCUT2D eigenvalue weighted by Gasteiger charge is -2.40. The van der Waals surface area contributed by atoms with E-state index < -0.39 is 20.2 Å². The van der Waals surface area contributed by atoms with Gasteiger partial charge in [-0.05, 0) is 38.9 Å². The van der Waals surface area contributed by atoms with Crippen molar-refractivity contribution in [2.75, 3.05) is 0 Å². The second kappa shape index (κ2) is 7.11. The summed E-state index contributed by atoms with van der Waals surface area (Å²) in [6.45, 7) is 16.9. The number of nitrogens with zero attached hydrogens (tertiary/aromatic N) is 1. The highest BCUT2D eigenvalue weighted by Crippen LogP contribution is 2.40. The molecule has 0 spiro atoms. The van der Waals surface area contributed by atoms with Crippen molar-refractivity contribution < 1.29 is 23.4 Å². The number of aliphatic hydroxyl groups excluding tert-OH is 1. The summed E-state index contributed by atoms with van der Waals surface area (Å²) in [5.41, 5.74) is 0.505. The fourth-order valence-corrected chi connectivity index (χ4v) is 4.30. The summed E-state index contributed by atoms with van der Waals surface area (Å²) in [4.78, 5) is 4.02. The smallest absolute Gasteiger partial charge is 0.192 e. The highest BCUT2D eigenvalue weighted by atomic mass is 28.4. The maximum atomic E-state index is 10.4. The van der Waals surface area contributed by atoms with Gasteiger partial charge >= 0.3 is 0 Å². The molecule has 0 amide bonds. The highest BCUT2D eigenvalue weighted by Gasteiger charge is 2.48. The van der Waals surface area contributed by atoms with Gasteiger partial charge in [-0.2, -0.15) is 0 Å². The van der Waals surface area contributed by atoms with Crippen LogP contribution in [-0.2, 0) is 13.9 Å². The number of hydrogen-bond acceptors (Lipinski definition) is 6. The van der Waals surface area contributed by atoms with Gasteiger partial charge in [0.25, 0.3) is 0 Å². The van der Waals surface area contributed by atoms with Crippen LogP contribution < -0.4 is 0 Å². The molecule has 0 aliphatic carbocycles. The minimum atomic E-state index is -1.93. The van der Waals surface area contributed by atoms with Gasteiger partial charge in [0.2, 0.25) is 0 Å². The Kier molecular flexibility index (Phi) is 5.86. The molecule has 1 aromatic rings. The molecule has 0 radical (unpaired) electrons. The molecule has 25 heavy (non-hydrogen) atoms. The van der Waals surface area contributed by atoms with Crippen molar-refractivity contribution in [3.63, 3.8) is 0 Å². The third kappa shape index (κ3) is 4.92. The quantitative estimate of drug-likeness (QED) is 0.761. The van der Waals surface area contributed by atoms with Crippen molar-refractivity contribution in [1.82, 2.24) is 4.98 Å². The van der Waals surface area contributed by atoms with Crippen molar-refractivity contribution in [3.8, 4) is 0 Å². The van der Waals surface area contributed by atoms with Crippen molar-refractivity contribution in [1.29, 1.82) is 0 Å². The molecule has 1 fully saturated rings. The fraction of sp³-hybridized carbons (Fsp3) is 0.833. The Hall–Kier alpha value is -0.733. The summed E-state index contributed by atoms with van der Waals surface area (Å²) >= 11 is 0. The predicted molar refractivity (Wildman–Crippen MR) is 97.6 cm³/mol. The lowest BCUT2D eigenvalue weighted by Crippen LogP contribution is -2.48. The summed E-state index contributed by atoms with van der Waals surface area (Å²) in [6, 6.07) is 0. The van der Waals surface area contributed by atoms with Gasteiger partial charge in [0.05, 0.1) is 12.2 Å². The van der Waals surface area contributed by atoms with Gasteiger partial charge in [-0.1, -0.05) is 20.8 Å². The molecule has 144 valence electrons. The van der Waals surface area contributed by atoms with Crippen LogP contribution in [0.25, 0.3) is 0 Å². The molecule has 0 aromatic carbocycles. The standard InChI is InChI=1S/C18H33NO5Si/c1-12(24-25(7,8)17(2,3)4)16-15(22-18(5,6)23-16)9-14(20)13-10-21-11-19-13/h10-12,14-16,20H,9H2,1-8H3/t12-,14+,15-,16+/m1/s1. The largest absolute Gasteiger partial charge is 0.451 e. The average molecular weight is 372 g/mol. The van der Waals surface area contributed by atoms with Crippen LogP contribution in [0.4, 0.5) is 0 Å². The first-order valence-electron chi connectivity index (χ1n) is 8.92. The van der Waals surface area contributed by atoms with E-state index in [1.165, 1.54) is 12.7 Å². The van der Waals surface area contributed by atoms with Crippen LogP contribution in [-0.4, -0.2) is 42.5 Å². The lowest BCUT2D eigenvalue weighted by molar-refractivity contribution is -0.154. The van der Waals surface area contributed by atoms with Gasteiger partial charge in [0, 0.05) is 6.42 Å². The Labute approximate surface area is 152 Å². The van der Waals surface area contributed by atoms with E-state index in [0.717, 1.165) is 0 Å². The Morgan fingerprint density at radius 3 is 2.48 bits per heavy atom.